The fraction of sp³-hybridized carbons (Fsp3) is 0.542. The van der Waals surface area contributed by atoms with E-state index in [0.29, 0.717) is 0 Å². The van der Waals surface area contributed by atoms with Gasteiger partial charge in [0.25, 0.3) is 5.69 Å². The molecule has 0 aromatic heterocycles. The molecule has 0 spiro atoms. The van der Waals surface area contributed by atoms with Gasteiger partial charge in [-0.05, 0) is 30.0 Å². The number of nitro groups is 1. The van der Waals surface area contributed by atoms with E-state index in [1.807, 2.05) is 17.8 Å². The van der Waals surface area contributed by atoms with Crippen molar-refractivity contribution in [3.63, 3.8) is 0 Å². The minimum atomic E-state index is -0.287. The number of hydrogen-bond donors (Lipinski definition) is 0. The van der Waals surface area contributed by atoms with E-state index in [1.54, 1.807) is 12.1 Å². The van der Waals surface area contributed by atoms with Gasteiger partial charge in [0, 0.05) is 41.6 Å². The number of fused-ring (bicyclic) bond motifs is 1. The van der Waals surface area contributed by atoms with Crippen LogP contribution in [-0.2, 0) is 5.41 Å². The number of thioether (sulfide) groups is 1. The molecule has 1 aromatic rings. The SMILES string of the molecule is C[N+]1=C(/C=C/C=C2/N(CCC3CCCC3)c3ccc([N+](=O)[O-])cc3C2(C)C)SCC1. The zero-order chi connectivity index (χ0) is 21.3. The Morgan fingerprint density at radius 2 is 2.10 bits per heavy atom. The lowest BCUT2D eigenvalue weighted by molar-refractivity contribution is -0.485. The number of allylic oxidation sites excluding steroid dienone is 3. The van der Waals surface area contributed by atoms with E-state index in [1.165, 1.54) is 42.8 Å². The molecule has 0 radical (unpaired) electrons. The van der Waals surface area contributed by atoms with Gasteiger partial charge >= 0.3 is 0 Å². The molecule has 0 N–H and O–H groups in total. The molecule has 0 unspecified atom stereocenters. The summed E-state index contributed by atoms with van der Waals surface area (Å²) in [6.45, 7) is 6.45. The lowest BCUT2D eigenvalue weighted by Gasteiger charge is -2.28. The topological polar surface area (TPSA) is 49.4 Å². The highest BCUT2D eigenvalue weighted by Crippen LogP contribution is 2.49. The van der Waals surface area contributed by atoms with Crippen LogP contribution in [0.5, 0.6) is 0 Å². The number of rotatable bonds is 6. The van der Waals surface area contributed by atoms with Crippen molar-refractivity contribution in [3.05, 3.63) is 57.8 Å². The molecule has 6 heteroatoms. The second-order valence-electron chi connectivity index (χ2n) is 9.19. The molecule has 0 amide bonds. The summed E-state index contributed by atoms with van der Waals surface area (Å²) in [4.78, 5) is 13.5. The zero-order valence-corrected chi connectivity index (χ0v) is 19.1. The van der Waals surface area contributed by atoms with Crippen LogP contribution in [-0.4, -0.2) is 40.4 Å². The molecule has 1 aromatic carbocycles. The summed E-state index contributed by atoms with van der Waals surface area (Å²) in [6, 6.07) is 5.37. The zero-order valence-electron chi connectivity index (χ0n) is 18.3. The van der Waals surface area contributed by atoms with Crippen LogP contribution in [0.1, 0.15) is 51.5 Å². The predicted octanol–water partition coefficient (Wildman–Crippen LogP) is 5.50. The molecule has 2 aliphatic heterocycles. The summed E-state index contributed by atoms with van der Waals surface area (Å²) >= 11 is 1.89. The highest BCUT2D eigenvalue weighted by atomic mass is 32.2. The molecule has 30 heavy (non-hydrogen) atoms. The molecule has 0 bridgehead atoms. The maximum atomic E-state index is 11.4. The minimum Gasteiger partial charge on any atom is -0.344 e. The number of hydrogen-bond acceptors (Lipinski definition) is 4. The molecule has 160 valence electrons. The molecule has 0 saturated heterocycles. The molecular weight excluding hydrogens is 394 g/mol. The molecular formula is C24H32N3O2S+. The Balaban J connectivity index is 1.67. The summed E-state index contributed by atoms with van der Waals surface area (Å²) in [5.74, 6) is 1.95. The van der Waals surface area contributed by atoms with Crippen LogP contribution in [0.3, 0.4) is 0 Å². The third-order valence-electron chi connectivity index (χ3n) is 6.87. The average molecular weight is 427 g/mol. The van der Waals surface area contributed by atoms with Crippen LogP contribution in [0.4, 0.5) is 11.4 Å². The third kappa shape index (κ3) is 4.07. The molecule has 1 saturated carbocycles. The van der Waals surface area contributed by atoms with Gasteiger partial charge in [-0.2, -0.15) is 0 Å². The van der Waals surface area contributed by atoms with Crippen LogP contribution >= 0.6 is 11.8 Å². The van der Waals surface area contributed by atoms with E-state index in [4.69, 9.17) is 0 Å². The Labute approximate surface area is 183 Å². The smallest absolute Gasteiger partial charge is 0.269 e. The lowest BCUT2D eigenvalue weighted by atomic mass is 9.83. The maximum absolute atomic E-state index is 11.4. The molecule has 4 rings (SSSR count). The highest BCUT2D eigenvalue weighted by Gasteiger charge is 2.41. The molecule has 5 nitrogen and oxygen atoms in total. The van der Waals surface area contributed by atoms with Crippen molar-refractivity contribution in [2.45, 2.75) is 51.4 Å². The van der Waals surface area contributed by atoms with Gasteiger partial charge in [0.05, 0.1) is 10.7 Å². The Bertz CT molecular complexity index is 926. The molecule has 3 aliphatic rings. The van der Waals surface area contributed by atoms with Crippen LogP contribution in [0.25, 0.3) is 0 Å². The van der Waals surface area contributed by atoms with E-state index < -0.39 is 0 Å². The van der Waals surface area contributed by atoms with Crippen LogP contribution in [0, 0.1) is 16.0 Å². The first-order chi connectivity index (χ1) is 14.4. The van der Waals surface area contributed by atoms with Gasteiger partial charge in [-0.15, -0.1) is 0 Å². The molecule has 0 atom stereocenters. The first kappa shape index (κ1) is 21.2. The number of benzene rings is 1. The first-order valence-corrected chi connectivity index (χ1v) is 12.0. The van der Waals surface area contributed by atoms with Crippen molar-refractivity contribution in [1.29, 1.82) is 0 Å². The van der Waals surface area contributed by atoms with Crippen molar-refractivity contribution in [3.8, 4) is 0 Å². The second-order valence-corrected chi connectivity index (χ2v) is 10.3. The first-order valence-electron chi connectivity index (χ1n) is 11.0. The van der Waals surface area contributed by atoms with Gasteiger partial charge in [0.1, 0.15) is 7.05 Å². The Kier molecular flexibility index (Phi) is 6.05. The Morgan fingerprint density at radius 1 is 1.33 bits per heavy atom. The summed E-state index contributed by atoms with van der Waals surface area (Å²) in [5.41, 5.74) is 3.33. The quantitative estimate of drug-likeness (QED) is 0.342. The van der Waals surface area contributed by atoms with Crippen molar-refractivity contribution in [2.75, 3.05) is 30.8 Å². The van der Waals surface area contributed by atoms with Gasteiger partial charge in [0.15, 0.2) is 6.54 Å². The van der Waals surface area contributed by atoms with Gasteiger partial charge in [-0.25, -0.2) is 4.58 Å². The fourth-order valence-corrected chi connectivity index (χ4v) is 6.09. The standard InChI is InChI=1S/C24H32N3O2S/c1-24(2)20-17-19(27(28)29)11-12-21(20)26(14-13-18-7-4-5-8-18)22(24)9-6-10-23-25(3)15-16-30-23/h6,9-12,17-18H,4-5,7-8,13-16H2,1-3H3/q+1. The number of non-ortho nitro benzene ring substituents is 1. The summed E-state index contributed by atoms with van der Waals surface area (Å²) < 4.78 is 2.29. The largest absolute Gasteiger partial charge is 0.344 e. The average Bonchev–Trinajstić information content (AvgIpc) is 3.42. The Morgan fingerprint density at radius 3 is 2.77 bits per heavy atom. The van der Waals surface area contributed by atoms with Crippen molar-refractivity contribution < 1.29 is 9.50 Å². The van der Waals surface area contributed by atoms with Crippen LogP contribution in [0.15, 0.2) is 42.1 Å². The predicted molar refractivity (Wildman–Crippen MR) is 126 cm³/mol. The van der Waals surface area contributed by atoms with Gasteiger partial charge in [-0.1, -0.05) is 57.4 Å². The van der Waals surface area contributed by atoms with Crippen molar-refractivity contribution in [1.82, 2.24) is 0 Å². The van der Waals surface area contributed by atoms with Crippen LogP contribution < -0.4 is 4.90 Å². The summed E-state index contributed by atoms with van der Waals surface area (Å²) in [5, 5.41) is 12.7. The fourth-order valence-electron chi connectivity index (χ4n) is 5.03. The van der Waals surface area contributed by atoms with Gasteiger partial charge < -0.3 is 4.90 Å². The summed E-state index contributed by atoms with van der Waals surface area (Å²) in [7, 11) is 2.13. The third-order valence-corrected chi connectivity index (χ3v) is 8.00. The number of nitro benzene ring substituents is 1. The van der Waals surface area contributed by atoms with Crippen LogP contribution in [0.2, 0.25) is 0 Å². The molecule has 1 aliphatic carbocycles. The van der Waals surface area contributed by atoms with Crippen molar-refractivity contribution in [2.24, 2.45) is 5.92 Å². The highest BCUT2D eigenvalue weighted by molar-refractivity contribution is 8.14. The van der Waals surface area contributed by atoms with Gasteiger partial charge in [-0.3, -0.25) is 10.1 Å². The van der Waals surface area contributed by atoms with E-state index >= 15 is 0 Å². The molecule has 2 heterocycles. The molecule has 1 fully saturated rings. The van der Waals surface area contributed by atoms with E-state index in [9.17, 15) is 10.1 Å². The number of nitrogens with zero attached hydrogens (tertiary/aromatic N) is 3. The number of anilines is 1. The van der Waals surface area contributed by atoms with E-state index in [2.05, 4.69) is 48.6 Å². The second kappa shape index (κ2) is 8.58. The van der Waals surface area contributed by atoms with Crippen molar-refractivity contribution >= 4 is 28.2 Å². The Hall–Kier alpha value is -2.08. The van der Waals surface area contributed by atoms with E-state index in [-0.39, 0.29) is 16.0 Å². The van der Waals surface area contributed by atoms with Gasteiger partial charge in [0.2, 0.25) is 5.04 Å². The van der Waals surface area contributed by atoms with E-state index in [0.717, 1.165) is 36.0 Å². The normalized spacial score (nSPS) is 22.6. The minimum absolute atomic E-state index is 0.175. The maximum Gasteiger partial charge on any atom is 0.269 e. The summed E-state index contributed by atoms with van der Waals surface area (Å²) in [6.07, 6.45) is 13.1. The lowest BCUT2D eigenvalue weighted by Crippen LogP contribution is -2.27. The monoisotopic (exact) mass is 426 g/mol.